The molecule has 0 atom stereocenters. The number of methoxy groups -OCH3 is 1. The van der Waals surface area contributed by atoms with E-state index in [2.05, 4.69) is 62.4 Å². The third kappa shape index (κ3) is 3.40. The number of rotatable bonds is 4. The van der Waals surface area contributed by atoms with Crippen LogP contribution in [0, 0.1) is 22.7 Å². The molecule has 0 unspecified atom stereocenters. The maximum atomic E-state index is 9.79. The number of ether oxygens (including phenoxy) is 1. The Labute approximate surface area is 204 Å². The Hall–Kier alpha value is -4.35. The maximum Gasteiger partial charge on any atom is 0.145 e. The van der Waals surface area contributed by atoms with Gasteiger partial charge in [0.2, 0.25) is 0 Å². The van der Waals surface area contributed by atoms with Crippen LogP contribution in [0.5, 0.6) is 5.75 Å². The van der Waals surface area contributed by atoms with Crippen molar-refractivity contribution in [1.82, 2.24) is 9.38 Å². The molecular formula is C30H26N4O. The van der Waals surface area contributed by atoms with E-state index in [4.69, 9.17) is 9.72 Å². The van der Waals surface area contributed by atoms with Gasteiger partial charge < -0.3 is 4.74 Å². The monoisotopic (exact) mass is 458 g/mol. The molecular weight excluding hydrogens is 432 g/mol. The predicted octanol–water partition coefficient (Wildman–Crippen LogP) is 7.31. The third-order valence-electron chi connectivity index (χ3n) is 6.77. The van der Waals surface area contributed by atoms with Crippen LogP contribution in [0.1, 0.15) is 61.8 Å². The molecule has 0 radical (unpaired) electrons. The van der Waals surface area contributed by atoms with Crippen LogP contribution >= 0.6 is 0 Å². The summed E-state index contributed by atoms with van der Waals surface area (Å²) in [6, 6.07) is 20.4. The molecule has 5 heteroatoms. The van der Waals surface area contributed by atoms with Gasteiger partial charge >= 0.3 is 0 Å². The first-order valence-corrected chi connectivity index (χ1v) is 11.8. The van der Waals surface area contributed by atoms with Crippen molar-refractivity contribution in [3.63, 3.8) is 0 Å². The summed E-state index contributed by atoms with van der Waals surface area (Å²) in [5, 5.41) is 22.3. The number of nitrogens with zero attached hydrogens (tertiary/aromatic N) is 4. The first-order chi connectivity index (χ1) is 16.9. The molecule has 35 heavy (non-hydrogen) atoms. The summed E-state index contributed by atoms with van der Waals surface area (Å²) in [5.41, 5.74) is 7.04. The van der Waals surface area contributed by atoms with E-state index in [0.717, 1.165) is 38.8 Å². The normalized spacial score (nSPS) is 11.5. The fourth-order valence-corrected chi connectivity index (χ4v) is 5.05. The summed E-state index contributed by atoms with van der Waals surface area (Å²) in [7, 11) is 1.65. The van der Waals surface area contributed by atoms with Crippen molar-refractivity contribution in [3.8, 4) is 29.1 Å². The van der Waals surface area contributed by atoms with E-state index in [1.165, 1.54) is 16.7 Å². The molecule has 0 bridgehead atoms. The highest BCUT2D eigenvalue weighted by Gasteiger charge is 2.22. The lowest BCUT2D eigenvalue weighted by Gasteiger charge is -2.20. The largest absolute Gasteiger partial charge is 0.497 e. The number of imidazole rings is 1. The predicted molar refractivity (Wildman–Crippen MR) is 140 cm³/mol. The summed E-state index contributed by atoms with van der Waals surface area (Å²) < 4.78 is 7.67. The molecule has 2 aromatic heterocycles. The first kappa shape index (κ1) is 22.4. The van der Waals surface area contributed by atoms with Crippen LogP contribution in [0.4, 0.5) is 0 Å². The first-order valence-electron chi connectivity index (χ1n) is 11.8. The number of hydrogen-bond donors (Lipinski definition) is 0. The van der Waals surface area contributed by atoms with Gasteiger partial charge in [-0.15, -0.1) is 0 Å². The van der Waals surface area contributed by atoms with E-state index in [-0.39, 0.29) is 0 Å². The zero-order valence-electron chi connectivity index (χ0n) is 20.5. The average molecular weight is 459 g/mol. The number of aromatic nitrogens is 2. The van der Waals surface area contributed by atoms with Crippen LogP contribution in [0.3, 0.4) is 0 Å². The van der Waals surface area contributed by atoms with E-state index in [1.807, 2.05) is 36.5 Å². The van der Waals surface area contributed by atoms with Crippen molar-refractivity contribution in [2.45, 2.75) is 39.5 Å². The highest BCUT2D eigenvalue weighted by molar-refractivity contribution is 6.13. The lowest BCUT2D eigenvalue weighted by Crippen LogP contribution is -2.03. The Kier molecular flexibility index (Phi) is 5.42. The summed E-state index contributed by atoms with van der Waals surface area (Å²) in [5.74, 6) is 1.38. The second-order valence-electron chi connectivity index (χ2n) is 9.47. The maximum absolute atomic E-state index is 9.79. The zero-order chi connectivity index (χ0) is 24.9. The Bertz CT molecular complexity index is 1680. The van der Waals surface area contributed by atoms with Crippen molar-refractivity contribution in [2.24, 2.45) is 0 Å². The van der Waals surface area contributed by atoms with E-state index < -0.39 is 0 Å². The molecule has 0 aliphatic heterocycles. The minimum Gasteiger partial charge on any atom is -0.497 e. The lowest BCUT2D eigenvalue weighted by molar-refractivity contribution is 0.415. The van der Waals surface area contributed by atoms with Gasteiger partial charge in [0.1, 0.15) is 23.5 Å². The fraction of sp³-hybridized carbons (Fsp3) is 0.233. The Morgan fingerprint density at radius 2 is 1.49 bits per heavy atom. The highest BCUT2D eigenvalue weighted by atomic mass is 16.5. The minimum atomic E-state index is 0.320. The smallest absolute Gasteiger partial charge is 0.145 e. The summed E-state index contributed by atoms with van der Waals surface area (Å²) in [4.78, 5) is 4.91. The third-order valence-corrected chi connectivity index (χ3v) is 6.77. The molecule has 0 aliphatic carbocycles. The van der Waals surface area contributed by atoms with Crippen LogP contribution < -0.4 is 4.74 Å². The number of nitriles is 2. The van der Waals surface area contributed by atoms with Crippen LogP contribution in [-0.2, 0) is 0 Å². The summed E-state index contributed by atoms with van der Waals surface area (Å²) in [6.07, 6.45) is 1.94. The number of hydrogen-bond acceptors (Lipinski definition) is 4. The van der Waals surface area contributed by atoms with Gasteiger partial charge in [0.05, 0.1) is 35.6 Å². The molecule has 0 saturated carbocycles. The van der Waals surface area contributed by atoms with Gasteiger partial charge in [-0.3, -0.25) is 4.40 Å². The number of pyridine rings is 1. The van der Waals surface area contributed by atoms with Gasteiger partial charge in [-0.05, 0) is 58.7 Å². The second kappa shape index (κ2) is 8.46. The van der Waals surface area contributed by atoms with Gasteiger partial charge in [0.15, 0.2) is 0 Å². The molecule has 5 aromatic rings. The molecule has 2 heterocycles. The molecule has 0 aliphatic rings. The van der Waals surface area contributed by atoms with Gasteiger partial charge in [-0.25, -0.2) is 4.98 Å². The molecule has 5 nitrogen and oxygen atoms in total. The van der Waals surface area contributed by atoms with Crippen molar-refractivity contribution in [2.75, 3.05) is 7.11 Å². The van der Waals surface area contributed by atoms with Gasteiger partial charge in [0, 0.05) is 16.3 Å². The van der Waals surface area contributed by atoms with Crippen molar-refractivity contribution in [1.29, 1.82) is 10.5 Å². The number of benzene rings is 3. The van der Waals surface area contributed by atoms with Crippen molar-refractivity contribution < 1.29 is 4.74 Å². The second-order valence-corrected chi connectivity index (χ2v) is 9.47. The Morgan fingerprint density at radius 3 is 2.09 bits per heavy atom. The number of fused-ring (bicyclic) bond motifs is 6. The SMILES string of the molecule is COc1ccc2c3cc(C#N)c(C#N)cc3n3c(-c4c(C(C)C)cccc4C(C)C)cnc3c2c1. The molecule has 0 fully saturated rings. The standard InChI is InChI=1S/C30H26N4O/c1-17(2)22-7-6-8-23(18(3)4)29(22)28-16-33-30-26-13-21(35-5)9-10-24(26)25-11-19(14-31)20(15-32)12-27(25)34(28)30/h6-13,16-18H,1-5H3. The lowest BCUT2D eigenvalue weighted by atomic mass is 9.87. The van der Waals surface area contributed by atoms with E-state index in [9.17, 15) is 10.5 Å². The molecule has 3 aromatic carbocycles. The van der Waals surface area contributed by atoms with Crippen molar-refractivity contribution in [3.05, 3.63) is 77.0 Å². The Balaban J connectivity index is 2.05. The van der Waals surface area contributed by atoms with Gasteiger partial charge in [0.25, 0.3) is 0 Å². The highest BCUT2D eigenvalue weighted by Crippen LogP contribution is 2.40. The zero-order valence-corrected chi connectivity index (χ0v) is 20.5. The molecule has 0 spiro atoms. The molecule has 0 amide bonds. The van der Waals surface area contributed by atoms with Crippen molar-refractivity contribution >= 4 is 27.3 Å². The van der Waals surface area contributed by atoms with Crippen LogP contribution in [0.15, 0.2) is 54.7 Å². The molecule has 0 N–H and O–H groups in total. The summed E-state index contributed by atoms with van der Waals surface area (Å²) in [6.45, 7) is 8.82. The van der Waals surface area contributed by atoms with Crippen LogP contribution in [-0.4, -0.2) is 16.5 Å². The van der Waals surface area contributed by atoms with Crippen LogP contribution in [0.25, 0.3) is 38.6 Å². The van der Waals surface area contributed by atoms with Gasteiger partial charge in [-0.2, -0.15) is 10.5 Å². The summed E-state index contributed by atoms with van der Waals surface area (Å²) >= 11 is 0. The Morgan fingerprint density at radius 1 is 0.829 bits per heavy atom. The van der Waals surface area contributed by atoms with Crippen LogP contribution in [0.2, 0.25) is 0 Å². The van der Waals surface area contributed by atoms with E-state index in [1.54, 1.807) is 7.11 Å². The molecule has 5 rings (SSSR count). The minimum absolute atomic E-state index is 0.320. The van der Waals surface area contributed by atoms with E-state index in [0.29, 0.717) is 23.0 Å². The quantitative estimate of drug-likeness (QED) is 0.265. The average Bonchev–Trinajstić information content (AvgIpc) is 3.32. The topological polar surface area (TPSA) is 74.1 Å². The molecule has 0 saturated heterocycles. The van der Waals surface area contributed by atoms with E-state index >= 15 is 0 Å². The molecule has 172 valence electrons. The fourth-order valence-electron chi connectivity index (χ4n) is 5.05. The van der Waals surface area contributed by atoms with Gasteiger partial charge in [-0.1, -0.05) is 45.9 Å².